The summed E-state index contributed by atoms with van der Waals surface area (Å²) in [4.78, 5) is 0. The summed E-state index contributed by atoms with van der Waals surface area (Å²) in [5.41, 5.74) is 7.71. The first kappa shape index (κ1) is 15.5. The van der Waals surface area contributed by atoms with Crippen LogP contribution in [-0.4, -0.2) is 7.05 Å². The predicted molar refractivity (Wildman–Crippen MR) is 66.6 cm³/mol. The Labute approximate surface area is 88.5 Å². The van der Waals surface area contributed by atoms with E-state index >= 15 is 0 Å². The van der Waals surface area contributed by atoms with Crippen LogP contribution in [0.1, 0.15) is 33.3 Å². The highest BCUT2D eigenvalue weighted by Crippen LogP contribution is 2.06. The highest BCUT2D eigenvalue weighted by Gasteiger charge is 1.87. The van der Waals surface area contributed by atoms with Gasteiger partial charge >= 0.3 is 0 Å². The summed E-state index contributed by atoms with van der Waals surface area (Å²) >= 11 is 0. The molecule has 0 saturated carbocycles. The van der Waals surface area contributed by atoms with E-state index in [1.807, 2.05) is 59.0 Å². The minimum Gasteiger partial charge on any atom is -0.388 e. The lowest BCUT2D eigenvalue weighted by Gasteiger charge is -1.99. The smallest absolute Gasteiger partial charge is 0.0337 e. The summed E-state index contributed by atoms with van der Waals surface area (Å²) in [6, 6.07) is 8.07. The average Bonchev–Trinajstić information content (AvgIpc) is 2.34. The molecule has 0 aliphatic rings. The third kappa shape index (κ3) is 6.49. The molecular weight excluding hydrogens is 172 g/mol. The monoisotopic (exact) mass is 196 g/mol. The first-order valence-corrected chi connectivity index (χ1v) is 5.33. The van der Waals surface area contributed by atoms with Gasteiger partial charge in [0.1, 0.15) is 0 Å². The first-order valence-electron chi connectivity index (χ1n) is 5.33. The van der Waals surface area contributed by atoms with Crippen molar-refractivity contribution in [1.82, 2.24) is 0 Å². The van der Waals surface area contributed by atoms with Crippen molar-refractivity contribution in [2.45, 2.75) is 34.2 Å². The molecule has 0 aliphatic carbocycles. The van der Waals surface area contributed by atoms with E-state index in [0.29, 0.717) is 6.54 Å². The third-order valence-electron chi connectivity index (χ3n) is 1.48. The maximum absolute atomic E-state index is 5.42. The Morgan fingerprint density at radius 3 is 1.71 bits per heavy atom. The van der Waals surface area contributed by atoms with Gasteiger partial charge in [-0.2, -0.15) is 0 Å². The Balaban J connectivity index is 0. The lowest BCUT2D eigenvalue weighted by molar-refractivity contribution is 1.07. The van der Waals surface area contributed by atoms with E-state index in [2.05, 4.69) is 5.32 Å². The highest BCUT2D eigenvalue weighted by atomic mass is 14.8. The fraction of sp³-hybridized carbons (Fsp3) is 0.500. The van der Waals surface area contributed by atoms with E-state index in [4.69, 9.17) is 5.73 Å². The molecule has 0 bridgehead atoms. The van der Waals surface area contributed by atoms with Crippen molar-refractivity contribution in [3.63, 3.8) is 0 Å². The van der Waals surface area contributed by atoms with Crippen LogP contribution in [0, 0.1) is 0 Å². The minimum absolute atomic E-state index is 0.615. The summed E-state index contributed by atoms with van der Waals surface area (Å²) < 4.78 is 0. The summed E-state index contributed by atoms with van der Waals surface area (Å²) in [7, 11) is 1.90. The largest absolute Gasteiger partial charge is 0.388 e. The molecule has 1 aromatic rings. The van der Waals surface area contributed by atoms with Gasteiger partial charge in [0, 0.05) is 19.3 Å². The molecule has 0 fully saturated rings. The van der Waals surface area contributed by atoms with Gasteiger partial charge in [-0.3, -0.25) is 0 Å². The SMILES string of the molecule is CC.CC.CNc1ccc(CN)cc1. The van der Waals surface area contributed by atoms with E-state index in [1.165, 1.54) is 5.56 Å². The van der Waals surface area contributed by atoms with Gasteiger partial charge < -0.3 is 11.1 Å². The molecule has 0 heterocycles. The second-order valence-corrected chi connectivity index (χ2v) is 2.15. The van der Waals surface area contributed by atoms with Gasteiger partial charge in [0.05, 0.1) is 0 Å². The van der Waals surface area contributed by atoms with Crippen LogP contribution in [-0.2, 0) is 6.54 Å². The van der Waals surface area contributed by atoms with E-state index < -0.39 is 0 Å². The van der Waals surface area contributed by atoms with Crippen LogP contribution in [0.3, 0.4) is 0 Å². The Bertz CT molecular complexity index is 169. The van der Waals surface area contributed by atoms with Gasteiger partial charge in [0.25, 0.3) is 0 Å². The molecule has 1 aromatic carbocycles. The summed E-state index contributed by atoms with van der Waals surface area (Å²) in [5.74, 6) is 0. The van der Waals surface area contributed by atoms with Crippen molar-refractivity contribution < 1.29 is 0 Å². The van der Waals surface area contributed by atoms with Crippen molar-refractivity contribution >= 4 is 5.69 Å². The molecule has 0 aromatic heterocycles. The number of hydrogen-bond acceptors (Lipinski definition) is 2. The summed E-state index contributed by atoms with van der Waals surface area (Å²) in [6.45, 7) is 8.62. The number of nitrogens with one attached hydrogen (secondary N) is 1. The van der Waals surface area contributed by atoms with Crippen LogP contribution >= 0.6 is 0 Å². The molecule has 2 nitrogen and oxygen atoms in total. The Hall–Kier alpha value is -1.02. The van der Waals surface area contributed by atoms with E-state index in [9.17, 15) is 0 Å². The zero-order valence-corrected chi connectivity index (χ0v) is 10.1. The normalized spacial score (nSPS) is 7.57. The second-order valence-electron chi connectivity index (χ2n) is 2.15. The molecular formula is C12H24N2. The number of hydrogen-bond donors (Lipinski definition) is 2. The van der Waals surface area contributed by atoms with Crippen molar-refractivity contribution in [3.8, 4) is 0 Å². The van der Waals surface area contributed by atoms with Crippen LogP contribution in [0.15, 0.2) is 24.3 Å². The lowest BCUT2D eigenvalue weighted by atomic mass is 10.2. The zero-order valence-electron chi connectivity index (χ0n) is 10.1. The molecule has 0 radical (unpaired) electrons. The van der Waals surface area contributed by atoms with E-state index in [0.717, 1.165) is 5.69 Å². The lowest BCUT2D eigenvalue weighted by Crippen LogP contribution is -1.96. The second kappa shape index (κ2) is 12.0. The summed E-state index contributed by atoms with van der Waals surface area (Å²) in [5, 5.41) is 3.04. The maximum Gasteiger partial charge on any atom is 0.0337 e. The fourth-order valence-corrected chi connectivity index (χ4v) is 0.807. The Morgan fingerprint density at radius 1 is 1.00 bits per heavy atom. The standard InChI is InChI=1S/C8H12N2.2C2H6/c1-10-8-4-2-7(6-9)3-5-8;2*1-2/h2-5,10H,6,9H2,1H3;2*1-2H3. The van der Waals surface area contributed by atoms with Gasteiger partial charge in [-0.05, 0) is 17.7 Å². The van der Waals surface area contributed by atoms with Crippen LogP contribution < -0.4 is 11.1 Å². The van der Waals surface area contributed by atoms with Crippen LogP contribution in [0.4, 0.5) is 5.69 Å². The summed E-state index contributed by atoms with van der Waals surface area (Å²) in [6.07, 6.45) is 0. The molecule has 0 amide bonds. The first-order chi connectivity index (χ1) is 6.86. The van der Waals surface area contributed by atoms with Crippen LogP contribution in [0.25, 0.3) is 0 Å². The van der Waals surface area contributed by atoms with Gasteiger partial charge in [-0.25, -0.2) is 0 Å². The van der Waals surface area contributed by atoms with Crippen molar-refractivity contribution in [3.05, 3.63) is 29.8 Å². The topological polar surface area (TPSA) is 38.0 Å². The van der Waals surface area contributed by atoms with E-state index in [-0.39, 0.29) is 0 Å². The van der Waals surface area contributed by atoms with Crippen LogP contribution in [0.2, 0.25) is 0 Å². The Morgan fingerprint density at radius 2 is 1.43 bits per heavy atom. The van der Waals surface area contributed by atoms with Gasteiger partial charge in [-0.15, -0.1) is 0 Å². The van der Waals surface area contributed by atoms with Crippen molar-refractivity contribution in [2.75, 3.05) is 12.4 Å². The molecule has 3 N–H and O–H groups in total. The molecule has 0 saturated heterocycles. The van der Waals surface area contributed by atoms with Gasteiger partial charge in [-0.1, -0.05) is 39.8 Å². The number of nitrogens with two attached hydrogens (primary N) is 1. The van der Waals surface area contributed by atoms with Crippen molar-refractivity contribution in [2.24, 2.45) is 5.73 Å². The Kier molecular flexibility index (Phi) is 13.2. The third-order valence-corrected chi connectivity index (χ3v) is 1.48. The number of rotatable bonds is 2. The maximum atomic E-state index is 5.42. The number of anilines is 1. The van der Waals surface area contributed by atoms with Gasteiger partial charge in [0.15, 0.2) is 0 Å². The highest BCUT2D eigenvalue weighted by molar-refractivity contribution is 5.43. The number of benzene rings is 1. The molecule has 2 heteroatoms. The van der Waals surface area contributed by atoms with Gasteiger partial charge in [0.2, 0.25) is 0 Å². The minimum atomic E-state index is 0.615. The molecule has 0 spiro atoms. The van der Waals surface area contributed by atoms with Crippen molar-refractivity contribution in [1.29, 1.82) is 0 Å². The van der Waals surface area contributed by atoms with E-state index in [1.54, 1.807) is 0 Å². The molecule has 0 unspecified atom stereocenters. The van der Waals surface area contributed by atoms with Crippen LogP contribution in [0.5, 0.6) is 0 Å². The fourth-order valence-electron chi connectivity index (χ4n) is 0.807. The average molecular weight is 196 g/mol. The molecule has 0 aliphatic heterocycles. The molecule has 0 atom stereocenters. The molecule has 14 heavy (non-hydrogen) atoms. The quantitative estimate of drug-likeness (QED) is 0.762. The predicted octanol–water partition coefficient (Wildman–Crippen LogP) is 3.24. The molecule has 1 rings (SSSR count). The zero-order chi connectivity index (χ0) is 11.4. The molecule has 82 valence electrons.